The lowest BCUT2D eigenvalue weighted by Crippen LogP contribution is -2.14. The summed E-state index contributed by atoms with van der Waals surface area (Å²) in [6, 6.07) is 9.33. The molecule has 23 heavy (non-hydrogen) atoms. The van der Waals surface area contributed by atoms with E-state index in [9.17, 15) is 4.79 Å². The van der Waals surface area contributed by atoms with Crippen molar-refractivity contribution in [2.75, 3.05) is 16.4 Å². The summed E-state index contributed by atoms with van der Waals surface area (Å²) >= 11 is 6.11. The summed E-state index contributed by atoms with van der Waals surface area (Å²) in [5.41, 5.74) is 0.913. The van der Waals surface area contributed by atoms with Crippen molar-refractivity contribution < 1.29 is 9.32 Å². The second-order valence-electron chi connectivity index (χ2n) is 4.23. The van der Waals surface area contributed by atoms with E-state index in [1.54, 1.807) is 6.07 Å². The average molecular weight is 412 g/mol. The molecule has 3 aromatic rings. The Morgan fingerprint density at radius 3 is 3.04 bits per heavy atom. The summed E-state index contributed by atoms with van der Waals surface area (Å²) in [7, 11) is 0. The number of anilines is 3. The Morgan fingerprint density at radius 2 is 2.26 bits per heavy atom. The number of aromatic nitrogens is 3. The summed E-state index contributed by atoms with van der Waals surface area (Å²) in [5, 5.41) is 18.2. The summed E-state index contributed by atoms with van der Waals surface area (Å²) < 4.78 is 6.33. The van der Waals surface area contributed by atoms with E-state index < -0.39 is 0 Å². The minimum Gasteiger partial charge on any atom is -0.363 e. The molecule has 2 heterocycles. The fourth-order valence-electron chi connectivity index (χ4n) is 1.59. The van der Waals surface area contributed by atoms with Crippen molar-refractivity contribution in [2.24, 2.45) is 0 Å². The number of nitrogens with zero attached hydrogens (tertiary/aromatic N) is 3. The molecule has 0 atom stereocenters. The number of thioether (sulfide) groups is 1. The summed E-state index contributed by atoms with van der Waals surface area (Å²) in [4.78, 5) is 11.7. The van der Waals surface area contributed by atoms with Gasteiger partial charge in [-0.1, -0.05) is 50.3 Å². The van der Waals surface area contributed by atoms with Crippen molar-refractivity contribution in [3.63, 3.8) is 0 Å². The molecular weight excluding hydrogens is 402 g/mol. The number of nitrogens with one attached hydrogen (secondary N) is 2. The van der Waals surface area contributed by atoms with Gasteiger partial charge in [-0.15, -0.1) is 10.2 Å². The van der Waals surface area contributed by atoms with Gasteiger partial charge in [0.1, 0.15) is 6.26 Å². The van der Waals surface area contributed by atoms with Crippen molar-refractivity contribution in [1.29, 1.82) is 0 Å². The van der Waals surface area contributed by atoms with E-state index in [1.807, 2.05) is 24.3 Å². The number of carbonyl (C=O) groups excluding carboxylic acids is 1. The highest BCUT2D eigenvalue weighted by atomic mass is 79.9. The molecule has 0 spiro atoms. The van der Waals surface area contributed by atoms with Crippen molar-refractivity contribution in [1.82, 2.24) is 15.4 Å². The lowest BCUT2D eigenvalue weighted by molar-refractivity contribution is -0.113. The average Bonchev–Trinajstić information content (AvgIpc) is 3.17. The van der Waals surface area contributed by atoms with E-state index >= 15 is 0 Å². The molecule has 118 valence electrons. The molecular formula is C13H10BrN5O2S2. The van der Waals surface area contributed by atoms with Gasteiger partial charge in [0, 0.05) is 16.2 Å². The van der Waals surface area contributed by atoms with Gasteiger partial charge in [0.2, 0.25) is 11.0 Å². The van der Waals surface area contributed by atoms with Crippen molar-refractivity contribution in [3.05, 3.63) is 41.1 Å². The normalized spacial score (nSPS) is 10.5. The van der Waals surface area contributed by atoms with Gasteiger partial charge in [-0.25, -0.2) is 0 Å². The van der Waals surface area contributed by atoms with E-state index in [0.29, 0.717) is 15.3 Å². The van der Waals surface area contributed by atoms with Gasteiger partial charge in [-0.2, -0.15) is 0 Å². The first-order valence-corrected chi connectivity index (χ1v) is 8.98. The molecule has 0 saturated carbocycles. The van der Waals surface area contributed by atoms with Gasteiger partial charge < -0.3 is 15.2 Å². The van der Waals surface area contributed by atoms with Gasteiger partial charge >= 0.3 is 0 Å². The van der Waals surface area contributed by atoms with E-state index in [0.717, 1.165) is 10.2 Å². The van der Waals surface area contributed by atoms with Gasteiger partial charge in [0.25, 0.3) is 0 Å². The molecule has 1 aromatic carbocycles. The molecule has 7 nitrogen and oxygen atoms in total. The van der Waals surface area contributed by atoms with Gasteiger partial charge in [-0.05, 0) is 18.2 Å². The highest BCUT2D eigenvalue weighted by molar-refractivity contribution is 9.10. The van der Waals surface area contributed by atoms with E-state index in [-0.39, 0.29) is 11.7 Å². The predicted octanol–water partition coefficient (Wildman–Crippen LogP) is 3.76. The molecule has 0 unspecified atom stereocenters. The van der Waals surface area contributed by atoms with E-state index in [2.05, 4.69) is 46.4 Å². The molecule has 0 fully saturated rings. The van der Waals surface area contributed by atoms with Crippen LogP contribution in [0.1, 0.15) is 0 Å². The monoisotopic (exact) mass is 411 g/mol. The maximum Gasteiger partial charge on any atom is 0.236 e. The van der Waals surface area contributed by atoms with Crippen LogP contribution in [0.25, 0.3) is 0 Å². The Balaban J connectivity index is 1.52. The smallest absolute Gasteiger partial charge is 0.236 e. The quantitative estimate of drug-likeness (QED) is 0.596. The maximum atomic E-state index is 11.7. The number of amides is 1. The van der Waals surface area contributed by atoms with E-state index in [1.165, 1.54) is 29.4 Å². The highest BCUT2D eigenvalue weighted by Gasteiger charge is 2.09. The first-order chi connectivity index (χ1) is 11.2. The summed E-state index contributed by atoms with van der Waals surface area (Å²) in [6.07, 6.45) is 1.40. The van der Waals surface area contributed by atoms with Crippen LogP contribution < -0.4 is 10.6 Å². The van der Waals surface area contributed by atoms with Crippen LogP contribution >= 0.6 is 39.0 Å². The first kappa shape index (κ1) is 16.0. The minimum atomic E-state index is -0.180. The highest BCUT2D eigenvalue weighted by Crippen LogP contribution is 2.28. The third-order valence-corrected chi connectivity index (χ3v) is 4.98. The van der Waals surface area contributed by atoms with Crippen molar-refractivity contribution in [3.8, 4) is 0 Å². The fraction of sp³-hybridized carbons (Fsp3) is 0.0769. The van der Waals surface area contributed by atoms with Crippen LogP contribution in [0, 0.1) is 0 Å². The third-order valence-electron chi connectivity index (χ3n) is 2.51. The molecule has 0 aliphatic carbocycles. The number of carbonyl (C=O) groups is 1. The molecule has 1 amide bonds. The second kappa shape index (κ2) is 7.57. The zero-order valence-corrected chi connectivity index (χ0v) is 14.7. The van der Waals surface area contributed by atoms with Crippen molar-refractivity contribution >= 4 is 61.6 Å². The molecule has 3 rings (SSSR count). The molecule has 10 heteroatoms. The topological polar surface area (TPSA) is 92.9 Å². The maximum absolute atomic E-state index is 11.7. The van der Waals surface area contributed by atoms with Crippen LogP contribution in [0.3, 0.4) is 0 Å². The third kappa shape index (κ3) is 4.78. The van der Waals surface area contributed by atoms with Crippen LogP contribution in [0.5, 0.6) is 0 Å². The lowest BCUT2D eigenvalue weighted by atomic mass is 10.3. The Hall–Kier alpha value is -1.91. The Kier molecular flexibility index (Phi) is 5.26. The lowest BCUT2D eigenvalue weighted by Gasteiger charge is -2.01. The number of halogens is 1. The largest absolute Gasteiger partial charge is 0.363 e. The van der Waals surface area contributed by atoms with Gasteiger partial charge in [-0.3, -0.25) is 4.79 Å². The predicted molar refractivity (Wildman–Crippen MR) is 93.2 cm³/mol. The molecule has 0 radical (unpaired) electrons. The van der Waals surface area contributed by atoms with E-state index in [4.69, 9.17) is 0 Å². The number of benzene rings is 1. The van der Waals surface area contributed by atoms with Gasteiger partial charge in [0.15, 0.2) is 10.2 Å². The molecule has 0 aliphatic rings. The SMILES string of the molecule is O=C(CSc1nnc(Nc2cccc(Br)c2)s1)Nc1ccon1. The zero-order chi connectivity index (χ0) is 16.1. The van der Waals surface area contributed by atoms with Crippen molar-refractivity contribution in [2.45, 2.75) is 4.34 Å². The molecule has 2 N–H and O–H groups in total. The van der Waals surface area contributed by atoms with Crippen LogP contribution in [0.15, 0.2) is 49.9 Å². The molecule has 0 saturated heterocycles. The van der Waals surface area contributed by atoms with Crippen LogP contribution in [-0.2, 0) is 4.79 Å². The number of hydrogen-bond donors (Lipinski definition) is 2. The number of rotatable bonds is 6. The fourth-order valence-corrected chi connectivity index (χ4v) is 3.56. The molecule has 2 aromatic heterocycles. The van der Waals surface area contributed by atoms with Crippen LogP contribution in [0.2, 0.25) is 0 Å². The summed E-state index contributed by atoms with van der Waals surface area (Å²) in [6.45, 7) is 0. The first-order valence-electron chi connectivity index (χ1n) is 6.38. The Labute approximate surface area is 148 Å². The molecule has 0 bridgehead atoms. The molecule has 0 aliphatic heterocycles. The zero-order valence-electron chi connectivity index (χ0n) is 11.5. The minimum absolute atomic E-state index is 0.180. The van der Waals surface area contributed by atoms with Crippen LogP contribution in [0.4, 0.5) is 16.6 Å². The number of hydrogen-bond acceptors (Lipinski definition) is 8. The standard InChI is InChI=1S/C13H10BrN5O2S2/c14-8-2-1-3-9(6-8)15-12-17-18-13(23-12)22-7-11(20)16-10-4-5-21-19-10/h1-6H,7H2,(H,15,17)(H,16,19,20). The van der Waals surface area contributed by atoms with Crippen LogP contribution in [-0.4, -0.2) is 27.0 Å². The van der Waals surface area contributed by atoms with Gasteiger partial charge in [0.05, 0.1) is 5.75 Å². The Bertz CT molecular complexity index is 793. The Morgan fingerprint density at radius 1 is 1.35 bits per heavy atom. The summed E-state index contributed by atoms with van der Waals surface area (Å²) in [5.74, 6) is 0.434. The second-order valence-corrected chi connectivity index (χ2v) is 7.35.